The fourth-order valence-corrected chi connectivity index (χ4v) is 3.28. The summed E-state index contributed by atoms with van der Waals surface area (Å²) in [5.74, 6) is -0.311. The lowest BCUT2D eigenvalue weighted by atomic mass is 9.59. The first-order valence-electron chi connectivity index (χ1n) is 5.02. The highest BCUT2D eigenvalue weighted by Crippen LogP contribution is 2.61. The summed E-state index contributed by atoms with van der Waals surface area (Å²) in [6, 6.07) is 0. The molecule has 0 aromatic carbocycles. The summed E-state index contributed by atoms with van der Waals surface area (Å²) >= 11 is 0. The Balaban J connectivity index is 2.21. The van der Waals surface area contributed by atoms with E-state index in [2.05, 4.69) is 5.32 Å². The fraction of sp³-hybridized carbons (Fsp3) is 0.800. The molecule has 1 N–H and O–H groups in total. The van der Waals surface area contributed by atoms with Gasteiger partial charge in [-0.1, -0.05) is 0 Å². The van der Waals surface area contributed by atoms with Gasteiger partial charge in [0.25, 0.3) is 0 Å². The average Bonchev–Trinajstić information content (AvgIpc) is 2.73. The van der Waals surface area contributed by atoms with Crippen molar-refractivity contribution in [3.63, 3.8) is 0 Å². The van der Waals surface area contributed by atoms with Crippen molar-refractivity contribution in [1.82, 2.24) is 5.32 Å². The van der Waals surface area contributed by atoms with Crippen LogP contribution >= 0.6 is 0 Å². The summed E-state index contributed by atoms with van der Waals surface area (Å²) in [5, 5.41) is 2.44. The Bertz CT molecular complexity index is 321. The van der Waals surface area contributed by atoms with E-state index < -0.39 is 10.8 Å². The van der Waals surface area contributed by atoms with E-state index in [0.29, 0.717) is 0 Å². The molecule has 3 rings (SSSR count). The highest BCUT2D eigenvalue weighted by Gasteiger charge is 2.74. The normalized spacial score (nSPS) is 55.0. The molecule has 2 bridgehead atoms. The predicted octanol–water partition coefficient (Wildman–Crippen LogP) is 0.217. The number of imide groups is 1. The topological polar surface area (TPSA) is 55.4 Å². The highest BCUT2D eigenvalue weighted by molar-refractivity contribution is 6.10. The van der Waals surface area contributed by atoms with Gasteiger partial charge in [-0.25, -0.2) is 0 Å². The molecular formula is C10H13NO3. The predicted molar refractivity (Wildman–Crippen MR) is 47.3 cm³/mol. The Morgan fingerprint density at radius 1 is 1.14 bits per heavy atom. The molecule has 4 nitrogen and oxygen atoms in total. The molecule has 0 aromatic rings. The zero-order valence-electron chi connectivity index (χ0n) is 8.29. The quantitative estimate of drug-likeness (QED) is 0.562. The van der Waals surface area contributed by atoms with Gasteiger partial charge in [-0.3, -0.25) is 14.9 Å². The first-order chi connectivity index (χ1) is 6.51. The van der Waals surface area contributed by atoms with E-state index in [1.54, 1.807) is 0 Å². The number of rotatable bonds is 0. The molecule has 4 heteroatoms. The molecule has 0 spiro atoms. The molecule has 0 aromatic heterocycles. The average molecular weight is 195 g/mol. The van der Waals surface area contributed by atoms with E-state index >= 15 is 0 Å². The van der Waals surface area contributed by atoms with Gasteiger partial charge in [0.15, 0.2) is 0 Å². The lowest BCUT2D eigenvalue weighted by Gasteiger charge is -2.36. The highest BCUT2D eigenvalue weighted by atomic mass is 16.5. The smallest absolute Gasteiger partial charge is 0.236 e. The van der Waals surface area contributed by atoms with E-state index in [1.807, 2.05) is 13.8 Å². The second kappa shape index (κ2) is 2.03. The van der Waals surface area contributed by atoms with Crippen LogP contribution in [-0.4, -0.2) is 24.0 Å². The third-order valence-electron chi connectivity index (χ3n) is 4.56. The minimum Gasteiger partial charge on any atom is -0.373 e. The van der Waals surface area contributed by atoms with Crippen LogP contribution in [0.3, 0.4) is 0 Å². The number of hydrogen-bond acceptors (Lipinski definition) is 3. The van der Waals surface area contributed by atoms with E-state index in [1.165, 1.54) is 0 Å². The molecule has 3 aliphatic heterocycles. The van der Waals surface area contributed by atoms with Gasteiger partial charge in [-0.05, 0) is 26.7 Å². The maximum atomic E-state index is 11.8. The lowest BCUT2D eigenvalue weighted by molar-refractivity contribution is -0.132. The van der Waals surface area contributed by atoms with Crippen molar-refractivity contribution in [3.8, 4) is 0 Å². The number of ether oxygens (including phenoxy) is 1. The molecule has 0 saturated carbocycles. The minimum absolute atomic E-state index is 0.0658. The zero-order chi connectivity index (χ0) is 10.1. The number of amides is 2. The third-order valence-corrected chi connectivity index (χ3v) is 4.56. The van der Waals surface area contributed by atoms with Crippen molar-refractivity contribution in [2.24, 2.45) is 10.8 Å². The monoisotopic (exact) mass is 195 g/mol. The van der Waals surface area contributed by atoms with Crippen LogP contribution in [0.2, 0.25) is 0 Å². The SMILES string of the molecule is C[C@@]12C(=O)NC(=O)[C@]1(C)C1CCC2O1. The number of fused-ring (bicyclic) bond motifs is 5. The summed E-state index contributed by atoms with van der Waals surface area (Å²) in [4.78, 5) is 23.5. The van der Waals surface area contributed by atoms with Gasteiger partial charge in [0.1, 0.15) is 0 Å². The largest absolute Gasteiger partial charge is 0.373 e. The van der Waals surface area contributed by atoms with Gasteiger partial charge < -0.3 is 4.74 Å². The molecule has 0 aliphatic carbocycles. The fourth-order valence-electron chi connectivity index (χ4n) is 3.28. The van der Waals surface area contributed by atoms with E-state index in [9.17, 15) is 9.59 Å². The van der Waals surface area contributed by atoms with Crippen LogP contribution in [0.4, 0.5) is 0 Å². The zero-order valence-corrected chi connectivity index (χ0v) is 8.29. The third kappa shape index (κ3) is 0.557. The second-order valence-corrected chi connectivity index (χ2v) is 4.88. The molecule has 76 valence electrons. The van der Waals surface area contributed by atoms with Gasteiger partial charge in [0.05, 0.1) is 23.0 Å². The summed E-state index contributed by atoms with van der Waals surface area (Å²) < 4.78 is 5.70. The van der Waals surface area contributed by atoms with Gasteiger partial charge in [0.2, 0.25) is 11.8 Å². The van der Waals surface area contributed by atoms with Crippen LogP contribution in [0.15, 0.2) is 0 Å². The summed E-state index contributed by atoms with van der Waals surface area (Å²) in [6.45, 7) is 3.72. The van der Waals surface area contributed by atoms with E-state index in [-0.39, 0.29) is 24.0 Å². The Kier molecular flexibility index (Phi) is 1.22. The van der Waals surface area contributed by atoms with Gasteiger partial charge in [-0.2, -0.15) is 0 Å². The summed E-state index contributed by atoms with van der Waals surface area (Å²) in [5.41, 5.74) is -1.26. The molecular weight excluding hydrogens is 182 g/mol. The molecule has 2 amide bonds. The molecule has 3 aliphatic rings. The first-order valence-corrected chi connectivity index (χ1v) is 5.02. The van der Waals surface area contributed by atoms with Crippen molar-refractivity contribution < 1.29 is 14.3 Å². The first kappa shape index (κ1) is 8.41. The molecule has 14 heavy (non-hydrogen) atoms. The van der Waals surface area contributed by atoms with Crippen LogP contribution in [-0.2, 0) is 14.3 Å². The Hall–Kier alpha value is -0.900. The molecule has 4 atom stereocenters. The summed E-state index contributed by atoms with van der Waals surface area (Å²) in [6.07, 6.45) is 1.67. The molecule has 3 heterocycles. The van der Waals surface area contributed by atoms with Gasteiger partial charge >= 0.3 is 0 Å². The van der Waals surface area contributed by atoms with E-state index in [0.717, 1.165) is 12.8 Å². The Morgan fingerprint density at radius 2 is 1.57 bits per heavy atom. The van der Waals surface area contributed by atoms with Crippen LogP contribution in [0, 0.1) is 10.8 Å². The number of hydrogen-bond donors (Lipinski definition) is 1. The molecule has 3 fully saturated rings. The molecule has 0 radical (unpaired) electrons. The maximum Gasteiger partial charge on any atom is 0.236 e. The van der Waals surface area contributed by atoms with Crippen molar-refractivity contribution in [2.45, 2.75) is 38.9 Å². The standard InChI is InChI=1S/C10H13NO3/c1-9-5-3-4-6(14-5)10(9,2)8(13)11-7(9)12/h5-6H,3-4H2,1-2H3,(H,11,12,13)/t5?,6?,9-,10+. The van der Waals surface area contributed by atoms with Crippen molar-refractivity contribution in [3.05, 3.63) is 0 Å². The van der Waals surface area contributed by atoms with E-state index in [4.69, 9.17) is 4.74 Å². The second-order valence-electron chi connectivity index (χ2n) is 4.88. The number of carbonyl (C=O) groups excluding carboxylic acids is 2. The van der Waals surface area contributed by atoms with Crippen molar-refractivity contribution in [2.75, 3.05) is 0 Å². The maximum absolute atomic E-state index is 11.8. The van der Waals surface area contributed by atoms with Crippen LogP contribution in [0.1, 0.15) is 26.7 Å². The molecule has 3 saturated heterocycles. The van der Waals surface area contributed by atoms with Crippen LogP contribution in [0.25, 0.3) is 0 Å². The number of nitrogens with one attached hydrogen (secondary N) is 1. The van der Waals surface area contributed by atoms with Gasteiger partial charge in [0, 0.05) is 0 Å². The van der Waals surface area contributed by atoms with Crippen LogP contribution < -0.4 is 5.32 Å². The molecule has 2 unspecified atom stereocenters. The van der Waals surface area contributed by atoms with Crippen molar-refractivity contribution in [1.29, 1.82) is 0 Å². The van der Waals surface area contributed by atoms with Crippen LogP contribution in [0.5, 0.6) is 0 Å². The number of carbonyl (C=O) groups is 2. The lowest BCUT2D eigenvalue weighted by Crippen LogP contribution is -2.48. The van der Waals surface area contributed by atoms with Gasteiger partial charge in [-0.15, -0.1) is 0 Å². The Morgan fingerprint density at radius 3 is 2.00 bits per heavy atom. The summed E-state index contributed by atoms with van der Waals surface area (Å²) in [7, 11) is 0. The Labute approximate surface area is 82.0 Å². The minimum atomic E-state index is -0.632. The van der Waals surface area contributed by atoms with Crippen molar-refractivity contribution >= 4 is 11.8 Å².